The number of ether oxygens (including phenoxy) is 2. The second kappa shape index (κ2) is 9.76. The Kier molecular flexibility index (Phi) is 7.12. The molecule has 27 heavy (non-hydrogen) atoms. The van der Waals surface area contributed by atoms with E-state index in [-0.39, 0.29) is 0 Å². The molecular formula is C20H27ClN4O2. The summed E-state index contributed by atoms with van der Waals surface area (Å²) in [5, 5.41) is 4.09. The van der Waals surface area contributed by atoms with Gasteiger partial charge in [-0.3, -0.25) is 4.90 Å². The predicted octanol–water partition coefficient (Wildman–Crippen LogP) is 4.00. The van der Waals surface area contributed by atoms with Crippen LogP contribution in [0.2, 0.25) is 5.02 Å². The number of anilines is 1. The summed E-state index contributed by atoms with van der Waals surface area (Å²) >= 11 is 6.58. The van der Waals surface area contributed by atoms with Crippen LogP contribution in [-0.4, -0.2) is 47.2 Å². The minimum Gasteiger partial charge on any atom is -0.494 e. The largest absolute Gasteiger partial charge is 0.494 e. The molecule has 146 valence electrons. The van der Waals surface area contributed by atoms with Crippen molar-refractivity contribution in [3.05, 3.63) is 41.2 Å². The molecule has 0 amide bonds. The van der Waals surface area contributed by atoms with Crippen LogP contribution in [0.15, 0.2) is 30.6 Å². The van der Waals surface area contributed by atoms with Gasteiger partial charge in [-0.1, -0.05) is 11.6 Å². The first-order valence-corrected chi connectivity index (χ1v) is 9.91. The maximum Gasteiger partial charge on any atom is 0.222 e. The highest BCUT2D eigenvalue weighted by molar-refractivity contribution is 6.32. The van der Waals surface area contributed by atoms with Crippen molar-refractivity contribution in [3.8, 4) is 11.5 Å². The summed E-state index contributed by atoms with van der Waals surface area (Å²) in [5.74, 6) is 2.20. The molecule has 0 aliphatic carbocycles. The van der Waals surface area contributed by atoms with Gasteiger partial charge in [0.1, 0.15) is 11.5 Å². The number of benzene rings is 1. The maximum atomic E-state index is 6.58. The number of nitrogens with zero attached hydrogens (tertiary/aromatic N) is 3. The van der Waals surface area contributed by atoms with E-state index in [1.807, 2.05) is 32.0 Å². The summed E-state index contributed by atoms with van der Waals surface area (Å²) in [4.78, 5) is 10.9. The highest BCUT2D eigenvalue weighted by Gasteiger charge is 2.21. The molecule has 0 saturated carbocycles. The van der Waals surface area contributed by atoms with Crippen LogP contribution in [0.1, 0.15) is 32.3 Å². The molecule has 1 fully saturated rings. The van der Waals surface area contributed by atoms with Crippen LogP contribution in [0.5, 0.6) is 11.5 Å². The average molecular weight is 391 g/mol. The fourth-order valence-electron chi connectivity index (χ4n) is 3.29. The van der Waals surface area contributed by atoms with Crippen LogP contribution < -0.4 is 14.8 Å². The number of rotatable bonds is 8. The number of halogens is 1. The Morgan fingerprint density at radius 3 is 2.48 bits per heavy atom. The monoisotopic (exact) mass is 390 g/mol. The predicted molar refractivity (Wildman–Crippen MR) is 108 cm³/mol. The molecule has 7 heteroatoms. The molecule has 2 heterocycles. The summed E-state index contributed by atoms with van der Waals surface area (Å²) in [6.45, 7) is 7.89. The lowest BCUT2D eigenvalue weighted by Crippen LogP contribution is -2.39. The van der Waals surface area contributed by atoms with Crippen molar-refractivity contribution in [2.45, 2.75) is 39.3 Å². The Morgan fingerprint density at radius 2 is 1.81 bits per heavy atom. The first kappa shape index (κ1) is 19.7. The molecule has 2 aromatic rings. The third kappa shape index (κ3) is 5.47. The smallest absolute Gasteiger partial charge is 0.222 e. The molecule has 1 saturated heterocycles. The van der Waals surface area contributed by atoms with Crippen LogP contribution in [0, 0.1) is 0 Å². The zero-order valence-corrected chi connectivity index (χ0v) is 16.7. The lowest BCUT2D eigenvalue weighted by Gasteiger charge is -2.32. The topological polar surface area (TPSA) is 59.5 Å². The van der Waals surface area contributed by atoms with Gasteiger partial charge in [-0.05, 0) is 44.4 Å². The number of nitrogens with one attached hydrogen (secondary N) is 1. The molecule has 1 N–H and O–H groups in total. The lowest BCUT2D eigenvalue weighted by atomic mass is 10.0. The first-order valence-electron chi connectivity index (χ1n) is 9.53. The molecule has 1 aliphatic heterocycles. The van der Waals surface area contributed by atoms with Crippen LogP contribution in [-0.2, 0) is 6.54 Å². The molecule has 3 rings (SSSR count). The Morgan fingerprint density at radius 1 is 1.11 bits per heavy atom. The molecule has 0 radical (unpaired) electrons. The van der Waals surface area contributed by atoms with Crippen molar-refractivity contribution in [2.24, 2.45) is 0 Å². The van der Waals surface area contributed by atoms with Crippen molar-refractivity contribution in [2.75, 3.05) is 31.6 Å². The third-order valence-electron chi connectivity index (χ3n) is 4.58. The maximum absolute atomic E-state index is 6.58. The quantitative estimate of drug-likeness (QED) is 0.735. The van der Waals surface area contributed by atoms with E-state index >= 15 is 0 Å². The fraction of sp³-hybridized carbons (Fsp3) is 0.500. The van der Waals surface area contributed by atoms with Gasteiger partial charge in [0.05, 0.1) is 18.2 Å². The molecule has 1 aromatic carbocycles. The molecule has 6 nitrogen and oxygen atoms in total. The van der Waals surface area contributed by atoms with Gasteiger partial charge in [-0.15, -0.1) is 0 Å². The summed E-state index contributed by atoms with van der Waals surface area (Å²) in [6, 6.07) is 6.11. The number of aromatic nitrogens is 2. The molecule has 0 bridgehead atoms. The number of piperidine rings is 1. The number of hydrogen-bond donors (Lipinski definition) is 1. The summed E-state index contributed by atoms with van der Waals surface area (Å²) < 4.78 is 11.4. The van der Waals surface area contributed by atoms with Crippen LogP contribution in [0.25, 0.3) is 0 Å². The van der Waals surface area contributed by atoms with Gasteiger partial charge < -0.3 is 14.8 Å². The Labute approximate surface area is 165 Å². The van der Waals surface area contributed by atoms with E-state index in [4.69, 9.17) is 21.1 Å². The lowest BCUT2D eigenvalue weighted by molar-refractivity contribution is 0.210. The van der Waals surface area contributed by atoms with E-state index in [2.05, 4.69) is 20.2 Å². The second-order valence-electron chi connectivity index (χ2n) is 6.53. The van der Waals surface area contributed by atoms with E-state index in [1.165, 1.54) is 0 Å². The minimum absolute atomic E-state index is 0.396. The zero-order chi connectivity index (χ0) is 19.1. The third-order valence-corrected chi connectivity index (χ3v) is 5.01. The van der Waals surface area contributed by atoms with E-state index < -0.39 is 0 Å². The molecular weight excluding hydrogens is 364 g/mol. The van der Waals surface area contributed by atoms with Gasteiger partial charge in [0, 0.05) is 44.1 Å². The Hall–Kier alpha value is -2.05. The summed E-state index contributed by atoms with van der Waals surface area (Å²) in [6.07, 6.45) is 5.60. The Balaban J connectivity index is 1.61. The molecule has 0 unspecified atom stereocenters. The molecule has 1 aromatic heterocycles. The molecule has 0 spiro atoms. The van der Waals surface area contributed by atoms with Gasteiger partial charge in [-0.25, -0.2) is 9.97 Å². The van der Waals surface area contributed by atoms with E-state index in [9.17, 15) is 0 Å². The fourth-order valence-corrected chi connectivity index (χ4v) is 3.51. The minimum atomic E-state index is 0.396. The zero-order valence-electron chi connectivity index (χ0n) is 15.9. The number of hydrogen-bond acceptors (Lipinski definition) is 6. The summed E-state index contributed by atoms with van der Waals surface area (Å²) in [5.41, 5.74) is 1.05. The van der Waals surface area contributed by atoms with Gasteiger partial charge >= 0.3 is 0 Å². The highest BCUT2D eigenvalue weighted by Crippen LogP contribution is 2.34. The van der Waals surface area contributed by atoms with E-state index in [1.54, 1.807) is 12.4 Å². The SMILES string of the molecule is CCOc1cc(CN2CCC(Nc3ncccn3)CC2)c(Cl)c(OCC)c1. The van der Waals surface area contributed by atoms with Crippen LogP contribution >= 0.6 is 11.6 Å². The van der Waals surface area contributed by atoms with Crippen LogP contribution in [0.3, 0.4) is 0 Å². The van der Waals surface area contributed by atoms with Crippen molar-refractivity contribution < 1.29 is 9.47 Å². The Bertz CT molecular complexity index is 721. The van der Waals surface area contributed by atoms with Crippen molar-refractivity contribution in [1.82, 2.24) is 14.9 Å². The van der Waals surface area contributed by atoms with Gasteiger partial charge in [-0.2, -0.15) is 0 Å². The molecule has 0 atom stereocenters. The standard InChI is InChI=1S/C20H27ClN4O2/c1-3-26-17-12-15(19(21)18(13-17)27-4-2)14-25-10-6-16(7-11-25)24-20-22-8-5-9-23-20/h5,8-9,12-13,16H,3-4,6-7,10-11,14H2,1-2H3,(H,22,23,24). The second-order valence-corrected chi connectivity index (χ2v) is 6.91. The average Bonchev–Trinajstić information content (AvgIpc) is 2.68. The van der Waals surface area contributed by atoms with Crippen molar-refractivity contribution >= 4 is 17.5 Å². The summed E-state index contributed by atoms with van der Waals surface area (Å²) in [7, 11) is 0. The molecule has 1 aliphatic rings. The van der Waals surface area contributed by atoms with E-state index in [0.717, 1.165) is 43.8 Å². The van der Waals surface area contributed by atoms with Gasteiger partial charge in [0.15, 0.2) is 0 Å². The van der Waals surface area contributed by atoms with Gasteiger partial charge in [0.25, 0.3) is 0 Å². The van der Waals surface area contributed by atoms with E-state index in [0.29, 0.717) is 36.0 Å². The highest BCUT2D eigenvalue weighted by atomic mass is 35.5. The van der Waals surface area contributed by atoms with Gasteiger partial charge in [0.2, 0.25) is 5.95 Å². The normalized spacial score (nSPS) is 15.5. The van der Waals surface area contributed by atoms with Crippen LogP contribution in [0.4, 0.5) is 5.95 Å². The van der Waals surface area contributed by atoms with Crippen molar-refractivity contribution in [1.29, 1.82) is 0 Å². The first-order chi connectivity index (χ1) is 13.2. The van der Waals surface area contributed by atoms with Crippen molar-refractivity contribution in [3.63, 3.8) is 0 Å². The number of likely N-dealkylation sites (tertiary alicyclic amines) is 1.